The quantitative estimate of drug-likeness (QED) is 0.907. The maximum Gasteiger partial charge on any atom is 0.254 e. The third-order valence-electron chi connectivity index (χ3n) is 3.03. The molecule has 0 aromatic heterocycles. The Morgan fingerprint density at radius 2 is 2.42 bits per heavy atom. The Labute approximate surface area is 120 Å². The minimum absolute atomic E-state index is 0.0647. The molecular weight excluding hydrogens is 314 g/mol. The zero-order valence-electron chi connectivity index (χ0n) is 10.6. The van der Waals surface area contributed by atoms with Gasteiger partial charge in [-0.1, -0.05) is 0 Å². The van der Waals surface area contributed by atoms with Gasteiger partial charge in [-0.25, -0.2) is 0 Å². The fourth-order valence-electron chi connectivity index (χ4n) is 2.00. The number of aliphatic hydroxyl groups excluding tert-OH is 1. The molecule has 1 saturated heterocycles. The van der Waals surface area contributed by atoms with E-state index < -0.39 is 0 Å². The summed E-state index contributed by atoms with van der Waals surface area (Å²) in [6.45, 7) is 1.34. The summed E-state index contributed by atoms with van der Waals surface area (Å²) in [6, 6.07) is 5.22. The Balaban J connectivity index is 2.12. The molecule has 1 unspecified atom stereocenters. The van der Waals surface area contributed by atoms with Gasteiger partial charge in [0.25, 0.3) is 5.91 Å². The molecule has 104 valence electrons. The zero-order chi connectivity index (χ0) is 13.8. The van der Waals surface area contributed by atoms with E-state index in [-0.39, 0.29) is 18.6 Å². The fraction of sp³-hybridized carbons (Fsp3) is 0.462. The second kappa shape index (κ2) is 6.36. The van der Waals surface area contributed by atoms with Crippen LogP contribution in [0.4, 0.5) is 0 Å². The van der Waals surface area contributed by atoms with Crippen LogP contribution in [0.2, 0.25) is 0 Å². The number of halogens is 1. The lowest BCUT2D eigenvalue weighted by Gasteiger charge is -2.32. The molecule has 1 N–H and O–H groups in total. The molecule has 0 saturated carbocycles. The summed E-state index contributed by atoms with van der Waals surface area (Å²) in [5.74, 6) is 0.622. The lowest BCUT2D eigenvalue weighted by molar-refractivity contribution is -0.0447. The van der Waals surface area contributed by atoms with Crippen LogP contribution in [0.5, 0.6) is 5.75 Å². The molecule has 0 radical (unpaired) electrons. The van der Waals surface area contributed by atoms with Gasteiger partial charge < -0.3 is 19.5 Å². The number of rotatable bonds is 3. The first-order valence-corrected chi connectivity index (χ1v) is 6.80. The van der Waals surface area contributed by atoms with Crippen molar-refractivity contribution >= 4 is 21.8 Å². The van der Waals surface area contributed by atoms with Gasteiger partial charge in [0.15, 0.2) is 0 Å². The van der Waals surface area contributed by atoms with Gasteiger partial charge in [-0.15, -0.1) is 0 Å². The average molecular weight is 330 g/mol. The van der Waals surface area contributed by atoms with Crippen LogP contribution in [-0.2, 0) is 4.74 Å². The van der Waals surface area contributed by atoms with E-state index in [2.05, 4.69) is 15.9 Å². The van der Waals surface area contributed by atoms with Crippen molar-refractivity contribution in [2.75, 3.05) is 33.4 Å². The van der Waals surface area contributed by atoms with Crippen LogP contribution in [0.3, 0.4) is 0 Å². The van der Waals surface area contributed by atoms with E-state index in [0.29, 0.717) is 31.0 Å². The summed E-state index contributed by atoms with van der Waals surface area (Å²) in [5.41, 5.74) is 0.589. The van der Waals surface area contributed by atoms with Crippen LogP contribution in [0.25, 0.3) is 0 Å². The Kier molecular flexibility index (Phi) is 4.79. The lowest BCUT2D eigenvalue weighted by Crippen LogP contribution is -2.46. The van der Waals surface area contributed by atoms with Crippen LogP contribution in [0.15, 0.2) is 22.7 Å². The molecule has 6 heteroatoms. The molecule has 1 heterocycles. The number of nitrogens with zero attached hydrogens (tertiary/aromatic N) is 1. The van der Waals surface area contributed by atoms with E-state index in [1.54, 1.807) is 30.2 Å². The summed E-state index contributed by atoms with van der Waals surface area (Å²) >= 11 is 3.36. The van der Waals surface area contributed by atoms with Crippen molar-refractivity contribution in [2.24, 2.45) is 0 Å². The predicted molar refractivity (Wildman–Crippen MR) is 73.4 cm³/mol. The minimum Gasteiger partial charge on any atom is -0.496 e. The van der Waals surface area contributed by atoms with Crippen LogP contribution in [0.1, 0.15) is 10.4 Å². The van der Waals surface area contributed by atoms with Crippen molar-refractivity contribution in [1.29, 1.82) is 0 Å². The summed E-state index contributed by atoms with van der Waals surface area (Å²) < 4.78 is 11.2. The highest BCUT2D eigenvalue weighted by atomic mass is 79.9. The van der Waals surface area contributed by atoms with Crippen molar-refractivity contribution < 1.29 is 19.4 Å². The number of amides is 1. The number of morpholine rings is 1. The van der Waals surface area contributed by atoms with Gasteiger partial charge in [0.1, 0.15) is 5.75 Å². The number of hydrogen-bond donors (Lipinski definition) is 1. The lowest BCUT2D eigenvalue weighted by atomic mass is 10.1. The summed E-state index contributed by atoms with van der Waals surface area (Å²) in [4.78, 5) is 14.0. The Hall–Kier alpha value is -1.11. The monoisotopic (exact) mass is 329 g/mol. The van der Waals surface area contributed by atoms with Gasteiger partial charge in [-0.3, -0.25) is 4.79 Å². The molecule has 0 aliphatic carbocycles. The molecule has 1 fully saturated rings. The first kappa shape index (κ1) is 14.3. The van der Waals surface area contributed by atoms with E-state index in [0.717, 1.165) is 4.47 Å². The Morgan fingerprint density at radius 3 is 3.05 bits per heavy atom. The third kappa shape index (κ3) is 3.26. The van der Waals surface area contributed by atoms with Gasteiger partial charge in [0.2, 0.25) is 0 Å². The van der Waals surface area contributed by atoms with Crippen molar-refractivity contribution in [2.45, 2.75) is 6.10 Å². The highest BCUT2D eigenvalue weighted by molar-refractivity contribution is 9.10. The second-order valence-corrected chi connectivity index (χ2v) is 5.13. The molecule has 0 spiro atoms. The SMILES string of the molecule is COc1ccc(C(=O)N2CCOC(CO)C2)cc1Br. The Bertz CT molecular complexity index is 466. The van der Waals surface area contributed by atoms with Crippen LogP contribution >= 0.6 is 15.9 Å². The third-order valence-corrected chi connectivity index (χ3v) is 3.65. The van der Waals surface area contributed by atoms with Gasteiger partial charge in [0, 0.05) is 18.7 Å². The first-order valence-electron chi connectivity index (χ1n) is 6.01. The zero-order valence-corrected chi connectivity index (χ0v) is 12.2. The molecule has 1 aliphatic heterocycles. The van der Waals surface area contributed by atoms with Crippen molar-refractivity contribution in [3.63, 3.8) is 0 Å². The number of aliphatic hydroxyl groups is 1. The maximum absolute atomic E-state index is 12.3. The molecule has 1 amide bonds. The maximum atomic E-state index is 12.3. The molecule has 0 bridgehead atoms. The van der Waals surface area contributed by atoms with Crippen LogP contribution in [0, 0.1) is 0 Å². The average Bonchev–Trinajstić information content (AvgIpc) is 2.46. The van der Waals surface area contributed by atoms with Gasteiger partial charge in [0.05, 0.1) is 30.9 Å². The van der Waals surface area contributed by atoms with Gasteiger partial charge >= 0.3 is 0 Å². The molecule has 5 nitrogen and oxygen atoms in total. The first-order chi connectivity index (χ1) is 9.15. The summed E-state index contributed by atoms with van der Waals surface area (Å²) in [7, 11) is 1.58. The van der Waals surface area contributed by atoms with Crippen molar-refractivity contribution in [3.8, 4) is 5.75 Å². The molecule has 1 aliphatic rings. The summed E-state index contributed by atoms with van der Waals surface area (Å²) in [6.07, 6.45) is -0.292. The topological polar surface area (TPSA) is 59.0 Å². The number of carbonyl (C=O) groups excluding carboxylic acids is 1. The Morgan fingerprint density at radius 1 is 1.63 bits per heavy atom. The molecule has 19 heavy (non-hydrogen) atoms. The van der Waals surface area contributed by atoms with E-state index in [1.165, 1.54) is 0 Å². The van der Waals surface area contributed by atoms with Crippen molar-refractivity contribution in [3.05, 3.63) is 28.2 Å². The molecule has 1 aromatic carbocycles. The van der Waals surface area contributed by atoms with Crippen LogP contribution in [-0.4, -0.2) is 55.4 Å². The van der Waals surface area contributed by atoms with Crippen molar-refractivity contribution in [1.82, 2.24) is 4.90 Å². The highest BCUT2D eigenvalue weighted by Crippen LogP contribution is 2.26. The van der Waals surface area contributed by atoms with E-state index in [4.69, 9.17) is 14.6 Å². The number of benzene rings is 1. The largest absolute Gasteiger partial charge is 0.496 e. The normalized spacial score (nSPS) is 19.3. The minimum atomic E-state index is -0.292. The number of carbonyl (C=O) groups is 1. The molecule has 1 aromatic rings. The van der Waals surface area contributed by atoms with E-state index in [9.17, 15) is 4.79 Å². The smallest absolute Gasteiger partial charge is 0.254 e. The van der Waals surface area contributed by atoms with Crippen LogP contribution < -0.4 is 4.74 Å². The fourth-order valence-corrected chi connectivity index (χ4v) is 2.54. The molecule has 1 atom stereocenters. The number of methoxy groups -OCH3 is 1. The van der Waals surface area contributed by atoms with Gasteiger partial charge in [-0.2, -0.15) is 0 Å². The molecular formula is C13H16BrNO4. The number of hydrogen-bond acceptors (Lipinski definition) is 4. The molecule has 2 rings (SSSR count). The van der Waals surface area contributed by atoms with E-state index >= 15 is 0 Å². The summed E-state index contributed by atoms with van der Waals surface area (Å²) in [5, 5.41) is 9.09. The second-order valence-electron chi connectivity index (χ2n) is 4.28. The predicted octanol–water partition coefficient (Wildman–Crippen LogP) is 1.29. The highest BCUT2D eigenvalue weighted by Gasteiger charge is 2.24. The standard InChI is InChI=1S/C13H16BrNO4/c1-18-12-3-2-9(6-11(12)14)13(17)15-4-5-19-10(7-15)8-16/h2-3,6,10,16H,4-5,7-8H2,1H3. The van der Waals surface area contributed by atoms with E-state index in [1.807, 2.05) is 0 Å². The number of ether oxygens (including phenoxy) is 2. The van der Waals surface area contributed by atoms with Gasteiger partial charge in [-0.05, 0) is 34.1 Å².